The monoisotopic (exact) mass is 229 g/mol. The number of unbranched alkanes of at least 4 members (excludes halogenated alkanes) is 8. The van der Waals surface area contributed by atoms with E-state index in [2.05, 4.69) is 25.6 Å². The normalized spacial score (nSPS) is 10.8. The topological polar surface area (TPSA) is 0 Å². The fourth-order valence-corrected chi connectivity index (χ4v) is 2.66. The molecule has 0 nitrogen and oxygen atoms in total. The summed E-state index contributed by atoms with van der Waals surface area (Å²) in [6, 6.07) is 0. The predicted molar refractivity (Wildman–Crippen MR) is 74.5 cm³/mol. The Morgan fingerprint density at radius 1 is 0.733 bits per heavy atom. The summed E-state index contributed by atoms with van der Waals surface area (Å²) in [6.07, 6.45) is 13.8. The molecule has 0 unspecified atom stereocenters. The van der Waals surface area contributed by atoms with E-state index >= 15 is 0 Å². The van der Waals surface area contributed by atoms with E-state index in [-0.39, 0.29) is 0 Å². The lowest BCUT2D eigenvalue weighted by atomic mass is 10.1. The molecule has 1 radical (unpaired) electrons. The van der Waals surface area contributed by atoms with Gasteiger partial charge in [-0.15, -0.1) is 0 Å². The van der Waals surface area contributed by atoms with E-state index in [4.69, 9.17) is 0 Å². The van der Waals surface area contributed by atoms with Crippen molar-refractivity contribution in [1.82, 2.24) is 0 Å². The molecule has 0 atom stereocenters. The second kappa shape index (κ2) is 14.3. The molecule has 0 aliphatic rings. The third-order valence-corrected chi connectivity index (χ3v) is 3.84. The van der Waals surface area contributed by atoms with E-state index in [9.17, 15) is 0 Å². The Bertz CT molecular complexity index is 89.5. The van der Waals surface area contributed by atoms with Gasteiger partial charge >= 0.3 is 0 Å². The Kier molecular flexibility index (Phi) is 14.7. The Balaban J connectivity index is 2.81. The van der Waals surface area contributed by atoms with Crippen LogP contribution in [-0.4, -0.2) is 11.5 Å². The molecule has 0 aromatic carbocycles. The second-order valence-corrected chi connectivity index (χ2v) is 5.52. The maximum absolute atomic E-state index is 3.86. The minimum Gasteiger partial charge on any atom is -0.162 e. The van der Waals surface area contributed by atoms with Crippen molar-refractivity contribution in [2.75, 3.05) is 11.5 Å². The summed E-state index contributed by atoms with van der Waals surface area (Å²) in [5, 5.41) is 0. The van der Waals surface area contributed by atoms with E-state index < -0.39 is 0 Å². The Morgan fingerprint density at radius 3 is 1.87 bits per heavy atom. The van der Waals surface area contributed by atoms with E-state index in [1.807, 2.05) is 0 Å². The van der Waals surface area contributed by atoms with Crippen molar-refractivity contribution in [2.24, 2.45) is 0 Å². The summed E-state index contributed by atoms with van der Waals surface area (Å²) in [7, 11) is 0. The molecule has 15 heavy (non-hydrogen) atoms. The van der Waals surface area contributed by atoms with E-state index in [1.54, 1.807) is 0 Å². The van der Waals surface area contributed by atoms with Crippen LogP contribution in [0.2, 0.25) is 0 Å². The highest BCUT2D eigenvalue weighted by Gasteiger charge is 1.92. The van der Waals surface area contributed by atoms with Crippen LogP contribution in [-0.2, 0) is 0 Å². The molecule has 0 aliphatic heterocycles. The summed E-state index contributed by atoms with van der Waals surface area (Å²) >= 11 is 2.15. The molecule has 0 aromatic heterocycles. The van der Waals surface area contributed by atoms with Gasteiger partial charge in [0.15, 0.2) is 0 Å². The van der Waals surface area contributed by atoms with Gasteiger partial charge in [-0.05, 0) is 24.3 Å². The largest absolute Gasteiger partial charge is 0.162 e. The van der Waals surface area contributed by atoms with Gasteiger partial charge in [-0.3, -0.25) is 0 Å². The number of hydrogen-bond donors (Lipinski definition) is 0. The van der Waals surface area contributed by atoms with Crippen LogP contribution in [0.4, 0.5) is 0 Å². The molecule has 0 spiro atoms. The Labute approximate surface area is 102 Å². The van der Waals surface area contributed by atoms with Gasteiger partial charge in [-0.25, -0.2) is 0 Å². The first kappa shape index (κ1) is 15.3. The quantitative estimate of drug-likeness (QED) is 0.400. The molecular weight excluding hydrogens is 200 g/mol. The maximum Gasteiger partial charge on any atom is -0.00675 e. The predicted octanol–water partition coefficient (Wildman–Crippen LogP) is 5.47. The van der Waals surface area contributed by atoms with Crippen molar-refractivity contribution >= 4 is 11.8 Å². The molecule has 0 aliphatic carbocycles. The van der Waals surface area contributed by atoms with Crippen molar-refractivity contribution in [3.8, 4) is 0 Å². The minimum atomic E-state index is 1.11. The Hall–Kier alpha value is 0.350. The lowest BCUT2D eigenvalue weighted by Gasteiger charge is -2.02. The summed E-state index contributed by atoms with van der Waals surface area (Å²) < 4.78 is 0. The van der Waals surface area contributed by atoms with Crippen molar-refractivity contribution in [3.05, 3.63) is 6.92 Å². The van der Waals surface area contributed by atoms with Gasteiger partial charge in [-0.2, -0.15) is 11.8 Å². The van der Waals surface area contributed by atoms with Gasteiger partial charge in [0, 0.05) is 0 Å². The van der Waals surface area contributed by atoms with Crippen LogP contribution < -0.4 is 0 Å². The fraction of sp³-hybridized carbons (Fsp3) is 0.929. The molecule has 0 bridgehead atoms. The van der Waals surface area contributed by atoms with Crippen LogP contribution in [0.15, 0.2) is 0 Å². The van der Waals surface area contributed by atoms with Gasteiger partial charge in [0.05, 0.1) is 0 Å². The third kappa shape index (κ3) is 14.4. The molecule has 1 heteroatoms. The number of thioether (sulfide) groups is 1. The lowest BCUT2D eigenvalue weighted by Crippen LogP contribution is -1.86. The first-order valence-electron chi connectivity index (χ1n) is 6.78. The Morgan fingerprint density at radius 2 is 1.27 bits per heavy atom. The molecule has 91 valence electrons. The van der Waals surface area contributed by atoms with Gasteiger partial charge < -0.3 is 0 Å². The summed E-state index contributed by atoms with van der Waals surface area (Å²) in [6.45, 7) is 6.14. The van der Waals surface area contributed by atoms with Crippen molar-refractivity contribution < 1.29 is 0 Å². The van der Waals surface area contributed by atoms with E-state index in [0.29, 0.717) is 0 Å². The van der Waals surface area contributed by atoms with Gasteiger partial charge in [-0.1, -0.05) is 65.2 Å². The van der Waals surface area contributed by atoms with Gasteiger partial charge in [0.25, 0.3) is 0 Å². The first-order valence-corrected chi connectivity index (χ1v) is 7.94. The number of hydrogen-bond acceptors (Lipinski definition) is 1. The zero-order chi connectivity index (χ0) is 11.2. The van der Waals surface area contributed by atoms with Gasteiger partial charge in [0.1, 0.15) is 0 Å². The minimum absolute atomic E-state index is 1.11. The van der Waals surface area contributed by atoms with E-state index in [0.717, 1.165) is 6.42 Å². The molecule has 0 rings (SSSR count). The maximum atomic E-state index is 3.86. The summed E-state index contributed by atoms with van der Waals surface area (Å²) in [5.41, 5.74) is 0. The standard InChI is InChI=1S/C14H29S/c1-3-5-7-9-10-12-14-15-13-11-8-6-4-2/h2-14H2,1H3. The van der Waals surface area contributed by atoms with Crippen LogP contribution in [0.3, 0.4) is 0 Å². The van der Waals surface area contributed by atoms with Crippen LogP contribution in [0.1, 0.15) is 71.1 Å². The molecule has 0 aromatic rings. The van der Waals surface area contributed by atoms with Crippen LogP contribution >= 0.6 is 11.8 Å². The summed E-state index contributed by atoms with van der Waals surface area (Å²) in [5.74, 6) is 2.76. The highest BCUT2D eigenvalue weighted by atomic mass is 32.2. The van der Waals surface area contributed by atoms with E-state index in [1.165, 1.54) is 69.3 Å². The SMILES string of the molecule is [CH2]CCCCCSCCCCCCCC. The van der Waals surface area contributed by atoms with Crippen molar-refractivity contribution in [3.63, 3.8) is 0 Å². The molecular formula is C14H29S. The van der Waals surface area contributed by atoms with Crippen LogP contribution in [0.5, 0.6) is 0 Å². The third-order valence-electron chi connectivity index (χ3n) is 2.68. The highest BCUT2D eigenvalue weighted by molar-refractivity contribution is 7.99. The fourth-order valence-electron chi connectivity index (χ4n) is 1.64. The van der Waals surface area contributed by atoms with Crippen LogP contribution in [0.25, 0.3) is 0 Å². The zero-order valence-electron chi connectivity index (χ0n) is 10.6. The average molecular weight is 229 g/mol. The number of rotatable bonds is 12. The van der Waals surface area contributed by atoms with Crippen molar-refractivity contribution in [1.29, 1.82) is 0 Å². The molecule has 0 saturated carbocycles. The molecule has 0 heterocycles. The molecule has 0 N–H and O–H groups in total. The molecule has 0 fully saturated rings. The zero-order valence-corrected chi connectivity index (χ0v) is 11.4. The van der Waals surface area contributed by atoms with Crippen LogP contribution in [0, 0.1) is 6.92 Å². The second-order valence-electron chi connectivity index (χ2n) is 4.29. The highest BCUT2D eigenvalue weighted by Crippen LogP contribution is 2.12. The summed E-state index contributed by atoms with van der Waals surface area (Å²) in [4.78, 5) is 0. The molecule has 0 saturated heterocycles. The smallest absolute Gasteiger partial charge is 0.00675 e. The molecule has 0 amide bonds. The lowest BCUT2D eigenvalue weighted by molar-refractivity contribution is 0.627. The first-order chi connectivity index (χ1) is 7.41. The average Bonchev–Trinajstić information content (AvgIpc) is 2.26. The van der Waals surface area contributed by atoms with Gasteiger partial charge in [0.2, 0.25) is 0 Å². The van der Waals surface area contributed by atoms with Crippen molar-refractivity contribution in [2.45, 2.75) is 71.1 Å².